The van der Waals surface area contributed by atoms with Crippen LogP contribution in [0, 0.1) is 5.92 Å². The second-order valence-electron chi connectivity index (χ2n) is 6.08. The number of hydrogen-bond donors (Lipinski definition) is 2. The molecule has 1 saturated heterocycles. The van der Waals surface area contributed by atoms with Gasteiger partial charge in [-0.15, -0.1) is 0 Å². The molecule has 0 spiro atoms. The largest absolute Gasteiger partial charge is 0.353 e. The van der Waals surface area contributed by atoms with Gasteiger partial charge in [0.25, 0.3) is 0 Å². The summed E-state index contributed by atoms with van der Waals surface area (Å²) >= 11 is 0. The smallest absolute Gasteiger partial charge is 0.234 e. The van der Waals surface area contributed by atoms with Crippen molar-refractivity contribution in [2.24, 2.45) is 11.7 Å². The van der Waals surface area contributed by atoms with Gasteiger partial charge in [0.05, 0.1) is 6.54 Å². The Bertz CT molecular complexity index is 255. The van der Waals surface area contributed by atoms with Crippen LogP contribution >= 0.6 is 0 Å². The van der Waals surface area contributed by atoms with E-state index in [1.807, 2.05) is 0 Å². The summed E-state index contributed by atoms with van der Waals surface area (Å²) in [5.41, 5.74) is 5.91. The van der Waals surface area contributed by atoms with E-state index in [4.69, 9.17) is 5.73 Å². The lowest BCUT2D eigenvalue weighted by molar-refractivity contribution is -0.123. The van der Waals surface area contributed by atoms with Gasteiger partial charge in [-0.05, 0) is 45.1 Å². The van der Waals surface area contributed by atoms with Gasteiger partial charge in [0, 0.05) is 18.6 Å². The number of rotatable bonds is 6. The summed E-state index contributed by atoms with van der Waals surface area (Å²) in [5, 5.41) is 3.08. The van der Waals surface area contributed by atoms with Crippen molar-refractivity contribution in [3.8, 4) is 0 Å². The molecule has 0 aromatic heterocycles. The number of nitrogens with one attached hydrogen (secondary N) is 1. The van der Waals surface area contributed by atoms with Crippen molar-refractivity contribution in [1.29, 1.82) is 0 Å². The highest BCUT2D eigenvalue weighted by Gasteiger charge is 2.19. The van der Waals surface area contributed by atoms with Crippen LogP contribution in [0.2, 0.25) is 0 Å². The molecule has 1 heterocycles. The number of hydrogen-bond acceptors (Lipinski definition) is 3. The number of carbonyl (C=O) groups is 1. The van der Waals surface area contributed by atoms with Crippen LogP contribution in [-0.4, -0.2) is 42.5 Å². The highest BCUT2D eigenvalue weighted by Crippen LogP contribution is 2.08. The Morgan fingerprint density at radius 1 is 1.39 bits per heavy atom. The van der Waals surface area contributed by atoms with Gasteiger partial charge in [0.1, 0.15) is 0 Å². The fourth-order valence-electron chi connectivity index (χ4n) is 2.41. The van der Waals surface area contributed by atoms with Gasteiger partial charge in [-0.2, -0.15) is 0 Å². The van der Waals surface area contributed by atoms with Crippen LogP contribution in [0.5, 0.6) is 0 Å². The predicted molar refractivity (Wildman–Crippen MR) is 75.3 cm³/mol. The maximum absolute atomic E-state index is 11.9. The second-order valence-corrected chi connectivity index (χ2v) is 6.08. The third-order valence-corrected chi connectivity index (χ3v) is 3.49. The van der Waals surface area contributed by atoms with Crippen molar-refractivity contribution in [1.82, 2.24) is 10.2 Å². The molecular formula is C14H29N3O. The molecule has 4 nitrogen and oxygen atoms in total. The Labute approximate surface area is 111 Å². The average molecular weight is 255 g/mol. The third-order valence-electron chi connectivity index (χ3n) is 3.49. The van der Waals surface area contributed by atoms with E-state index in [2.05, 4.69) is 31.0 Å². The monoisotopic (exact) mass is 255 g/mol. The zero-order valence-corrected chi connectivity index (χ0v) is 12.1. The minimum absolute atomic E-state index is 0.139. The van der Waals surface area contributed by atoms with Crippen LogP contribution in [0.3, 0.4) is 0 Å². The van der Waals surface area contributed by atoms with Gasteiger partial charge in [-0.3, -0.25) is 9.69 Å². The number of carbonyl (C=O) groups excluding carboxylic acids is 1. The zero-order chi connectivity index (χ0) is 13.5. The molecule has 3 N–H and O–H groups in total. The Balaban J connectivity index is 2.19. The average Bonchev–Trinajstić information content (AvgIpc) is 2.26. The van der Waals surface area contributed by atoms with E-state index in [9.17, 15) is 4.79 Å². The first kappa shape index (κ1) is 15.4. The summed E-state index contributed by atoms with van der Waals surface area (Å²) in [5.74, 6) is 0.838. The quantitative estimate of drug-likeness (QED) is 0.753. The SMILES string of the molecule is CC(C)CCC(C)NC(=O)CN1CCC[C@@H](N)C1. The summed E-state index contributed by atoms with van der Waals surface area (Å²) in [6.45, 7) is 8.87. The van der Waals surface area contributed by atoms with Crippen molar-refractivity contribution in [2.45, 2.75) is 58.5 Å². The highest BCUT2D eigenvalue weighted by atomic mass is 16.2. The first-order valence-corrected chi connectivity index (χ1v) is 7.24. The summed E-state index contributed by atoms with van der Waals surface area (Å²) in [4.78, 5) is 14.0. The molecule has 2 atom stereocenters. The standard InChI is InChI=1S/C14H29N3O/c1-11(2)6-7-12(3)16-14(18)10-17-8-4-5-13(15)9-17/h11-13H,4-10,15H2,1-3H3,(H,16,18)/t12?,13-/m1/s1. The number of amides is 1. The lowest BCUT2D eigenvalue weighted by Gasteiger charge is -2.30. The molecule has 1 fully saturated rings. The minimum atomic E-state index is 0.139. The zero-order valence-electron chi connectivity index (χ0n) is 12.1. The van der Waals surface area contributed by atoms with Crippen LogP contribution in [0.25, 0.3) is 0 Å². The number of nitrogens with two attached hydrogens (primary N) is 1. The van der Waals surface area contributed by atoms with E-state index in [0.717, 1.165) is 38.8 Å². The molecule has 1 amide bonds. The Kier molecular flexibility index (Phi) is 6.65. The van der Waals surface area contributed by atoms with Crippen LogP contribution in [-0.2, 0) is 4.79 Å². The molecule has 0 saturated carbocycles. The third kappa shape index (κ3) is 6.36. The van der Waals surface area contributed by atoms with Gasteiger partial charge in [-0.1, -0.05) is 13.8 Å². The van der Waals surface area contributed by atoms with Gasteiger partial charge in [-0.25, -0.2) is 0 Å². The fraction of sp³-hybridized carbons (Fsp3) is 0.929. The minimum Gasteiger partial charge on any atom is -0.353 e. The maximum atomic E-state index is 11.9. The van der Waals surface area contributed by atoms with E-state index in [1.54, 1.807) is 0 Å². The molecule has 0 radical (unpaired) electrons. The Morgan fingerprint density at radius 2 is 2.11 bits per heavy atom. The van der Waals surface area contributed by atoms with Crippen molar-refractivity contribution in [3.63, 3.8) is 0 Å². The van der Waals surface area contributed by atoms with Crippen LogP contribution < -0.4 is 11.1 Å². The molecule has 1 rings (SSSR count). The lowest BCUT2D eigenvalue weighted by Crippen LogP contribution is -2.48. The molecule has 0 bridgehead atoms. The first-order chi connectivity index (χ1) is 8.47. The molecule has 4 heteroatoms. The summed E-state index contributed by atoms with van der Waals surface area (Å²) in [7, 11) is 0. The van der Waals surface area contributed by atoms with E-state index in [0.29, 0.717) is 12.5 Å². The molecule has 0 aliphatic carbocycles. The summed E-state index contributed by atoms with van der Waals surface area (Å²) in [6.07, 6.45) is 4.42. The topological polar surface area (TPSA) is 58.4 Å². The Hall–Kier alpha value is -0.610. The molecule has 0 aromatic rings. The van der Waals surface area contributed by atoms with Crippen molar-refractivity contribution < 1.29 is 4.79 Å². The Morgan fingerprint density at radius 3 is 2.72 bits per heavy atom. The molecule has 1 unspecified atom stereocenters. The maximum Gasteiger partial charge on any atom is 0.234 e. The molecule has 1 aliphatic heterocycles. The highest BCUT2D eigenvalue weighted by molar-refractivity contribution is 5.78. The van der Waals surface area contributed by atoms with E-state index < -0.39 is 0 Å². The summed E-state index contributed by atoms with van der Waals surface area (Å²) < 4.78 is 0. The van der Waals surface area contributed by atoms with Crippen LogP contribution in [0.4, 0.5) is 0 Å². The molecule has 0 aromatic carbocycles. The lowest BCUT2D eigenvalue weighted by atomic mass is 10.0. The van der Waals surface area contributed by atoms with Crippen LogP contribution in [0.15, 0.2) is 0 Å². The normalized spacial score (nSPS) is 23.1. The van der Waals surface area contributed by atoms with Crippen molar-refractivity contribution >= 4 is 5.91 Å². The number of piperidine rings is 1. The second kappa shape index (κ2) is 7.74. The molecule has 106 valence electrons. The van der Waals surface area contributed by atoms with Crippen molar-refractivity contribution in [3.05, 3.63) is 0 Å². The summed E-state index contributed by atoms with van der Waals surface area (Å²) in [6, 6.07) is 0.517. The van der Waals surface area contributed by atoms with E-state index in [1.165, 1.54) is 0 Å². The van der Waals surface area contributed by atoms with E-state index in [-0.39, 0.29) is 18.0 Å². The van der Waals surface area contributed by atoms with Gasteiger partial charge in [0.15, 0.2) is 0 Å². The fourth-order valence-corrected chi connectivity index (χ4v) is 2.41. The van der Waals surface area contributed by atoms with E-state index >= 15 is 0 Å². The van der Waals surface area contributed by atoms with Gasteiger partial charge < -0.3 is 11.1 Å². The van der Waals surface area contributed by atoms with Crippen LogP contribution in [0.1, 0.15) is 46.5 Å². The predicted octanol–water partition coefficient (Wildman–Crippen LogP) is 1.35. The van der Waals surface area contributed by atoms with Gasteiger partial charge in [0.2, 0.25) is 5.91 Å². The molecule has 18 heavy (non-hydrogen) atoms. The van der Waals surface area contributed by atoms with Gasteiger partial charge >= 0.3 is 0 Å². The van der Waals surface area contributed by atoms with Crippen molar-refractivity contribution in [2.75, 3.05) is 19.6 Å². The molecule has 1 aliphatic rings. The number of likely N-dealkylation sites (tertiary alicyclic amines) is 1. The first-order valence-electron chi connectivity index (χ1n) is 7.24. The molecular weight excluding hydrogens is 226 g/mol. The number of nitrogens with zero attached hydrogens (tertiary/aromatic N) is 1.